The molecule has 0 spiro atoms. The molecule has 5 heteroatoms. The zero-order chi connectivity index (χ0) is 18.6. The number of fused-ring (bicyclic) bond motifs is 2. The SMILES string of the molecule is C/C=C\C(C)=N/Cc1cc(-c2nccc3cnccc23)c2cccnc2n1. The van der Waals surface area contributed by atoms with Gasteiger partial charge in [-0.05, 0) is 50.3 Å². The molecule has 4 aromatic heterocycles. The van der Waals surface area contributed by atoms with Gasteiger partial charge in [-0.3, -0.25) is 15.0 Å². The zero-order valence-electron chi connectivity index (χ0n) is 15.3. The maximum atomic E-state index is 4.69. The van der Waals surface area contributed by atoms with E-state index in [2.05, 4.69) is 26.0 Å². The molecule has 5 nitrogen and oxygen atoms in total. The van der Waals surface area contributed by atoms with Crippen LogP contribution >= 0.6 is 0 Å². The standard InChI is InChI=1S/C22H19N5/c1-3-5-15(2)26-14-17-12-20(19-6-4-9-25-22(19)27-17)21-18-8-10-23-13-16(18)7-11-24-21/h3-13H,14H2,1-2H3/b5-3-,26-15-. The molecule has 0 radical (unpaired) electrons. The zero-order valence-corrected chi connectivity index (χ0v) is 15.3. The van der Waals surface area contributed by atoms with Crippen molar-refractivity contribution in [3.05, 3.63) is 73.0 Å². The predicted octanol–water partition coefficient (Wildman–Crippen LogP) is 4.78. The minimum Gasteiger partial charge on any atom is -0.284 e. The van der Waals surface area contributed by atoms with Crippen LogP contribution in [0.25, 0.3) is 33.1 Å². The Bertz CT molecular complexity index is 1170. The molecule has 0 unspecified atom stereocenters. The van der Waals surface area contributed by atoms with Gasteiger partial charge in [-0.2, -0.15) is 0 Å². The molecule has 0 saturated heterocycles. The number of aromatic nitrogens is 4. The Kier molecular flexibility index (Phi) is 4.66. The molecule has 0 aliphatic carbocycles. The number of nitrogens with zero attached hydrogens (tertiary/aromatic N) is 5. The number of hydrogen-bond donors (Lipinski definition) is 0. The fraction of sp³-hybridized carbons (Fsp3) is 0.136. The highest BCUT2D eigenvalue weighted by atomic mass is 14.9. The number of pyridine rings is 4. The molecule has 4 aromatic rings. The molecule has 0 atom stereocenters. The van der Waals surface area contributed by atoms with Gasteiger partial charge in [0.25, 0.3) is 0 Å². The van der Waals surface area contributed by atoms with E-state index in [-0.39, 0.29) is 0 Å². The van der Waals surface area contributed by atoms with Crippen molar-refractivity contribution < 1.29 is 0 Å². The Morgan fingerprint density at radius 2 is 2.00 bits per heavy atom. The van der Waals surface area contributed by atoms with Crippen LogP contribution in [-0.4, -0.2) is 25.6 Å². The molecular weight excluding hydrogens is 334 g/mol. The van der Waals surface area contributed by atoms with Gasteiger partial charge < -0.3 is 0 Å². The molecule has 0 aliphatic heterocycles. The van der Waals surface area contributed by atoms with E-state index in [9.17, 15) is 0 Å². The van der Waals surface area contributed by atoms with Crippen LogP contribution in [0.5, 0.6) is 0 Å². The normalized spacial score (nSPS) is 12.3. The number of allylic oxidation sites excluding steroid dienone is 2. The summed E-state index contributed by atoms with van der Waals surface area (Å²) in [6.45, 7) is 4.47. The Morgan fingerprint density at radius 3 is 2.89 bits per heavy atom. The smallest absolute Gasteiger partial charge is 0.160 e. The Morgan fingerprint density at radius 1 is 1.07 bits per heavy atom. The first kappa shape index (κ1) is 17.0. The van der Waals surface area contributed by atoms with Crippen LogP contribution in [0.1, 0.15) is 19.5 Å². The molecule has 27 heavy (non-hydrogen) atoms. The van der Waals surface area contributed by atoms with Gasteiger partial charge in [0, 0.05) is 52.2 Å². The molecule has 0 aromatic carbocycles. The Hall–Kier alpha value is -3.47. The lowest BCUT2D eigenvalue weighted by atomic mass is 10.0. The first-order chi connectivity index (χ1) is 13.3. The third-order valence-electron chi connectivity index (χ3n) is 4.36. The molecule has 4 heterocycles. The molecule has 132 valence electrons. The van der Waals surface area contributed by atoms with Crippen LogP contribution < -0.4 is 0 Å². The minimum absolute atomic E-state index is 0.502. The van der Waals surface area contributed by atoms with Crippen molar-refractivity contribution in [1.29, 1.82) is 0 Å². The largest absolute Gasteiger partial charge is 0.284 e. The summed E-state index contributed by atoms with van der Waals surface area (Å²) in [5.41, 5.74) is 4.46. The lowest BCUT2D eigenvalue weighted by Crippen LogP contribution is -1.97. The van der Waals surface area contributed by atoms with E-state index in [0.717, 1.165) is 38.8 Å². The van der Waals surface area contributed by atoms with Crippen LogP contribution in [0.15, 0.2) is 72.3 Å². The van der Waals surface area contributed by atoms with E-state index in [4.69, 9.17) is 4.98 Å². The van der Waals surface area contributed by atoms with Gasteiger partial charge in [-0.25, -0.2) is 9.97 Å². The summed E-state index contributed by atoms with van der Waals surface area (Å²) in [4.78, 5) is 22.6. The van der Waals surface area contributed by atoms with E-state index in [1.807, 2.05) is 62.7 Å². The topological polar surface area (TPSA) is 63.9 Å². The summed E-state index contributed by atoms with van der Waals surface area (Å²) >= 11 is 0. The van der Waals surface area contributed by atoms with Crippen LogP contribution in [0, 0.1) is 0 Å². The highest BCUT2D eigenvalue weighted by Crippen LogP contribution is 2.31. The molecule has 0 fully saturated rings. The van der Waals surface area contributed by atoms with E-state index >= 15 is 0 Å². The fourth-order valence-corrected chi connectivity index (χ4v) is 3.12. The number of aliphatic imine (C=N–C) groups is 1. The Balaban J connectivity index is 1.92. The van der Waals surface area contributed by atoms with Crippen molar-refractivity contribution >= 4 is 27.5 Å². The van der Waals surface area contributed by atoms with Crippen LogP contribution in [-0.2, 0) is 6.54 Å². The van der Waals surface area contributed by atoms with Gasteiger partial charge in [-0.1, -0.05) is 6.08 Å². The summed E-state index contributed by atoms with van der Waals surface area (Å²) in [6.07, 6.45) is 11.2. The lowest BCUT2D eigenvalue weighted by Gasteiger charge is -2.10. The van der Waals surface area contributed by atoms with Gasteiger partial charge in [0.05, 0.1) is 17.9 Å². The van der Waals surface area contributed by atoms with E-state index in [0.29, 0.717) is 12.2 Å². The van der Waals surface area contributed by atoms with Crippen LogP contribution in [0.2, 0.25) is 0 Å². The maximum absolute atomic E-state index is 4.69. The average molecular weight is 353 g/mol. The van der Waals surface area contributed by atoms with Crippen molar-refractivity contribution in [3.63, 3.8) is 0 Å². The summed E-state index contributed by atoms with van der Waals surface area (Å²) in [5.74, 6) is 0. The van der Waals surface area contributed by atoms with Crippen molar-refractivity contribution in [2.24, 2.45) is 4.99 Å². The van der Waals surface area contributed by atoms with Crippen molar-refractivity contribution in [2.45, 2.75) is 20.4 Å². The second-order valence-electron chi connectivity index (χ2n) is 6.25. The highest BCUT2D eigenvalue weighted by molar-refractivity contribution is 6.01. The first-order valence-corrected chi connectivity index (χ1v) is 8.84. The monoisotopic (exact) mass is 353 g/mol. The third kappa shape index (κ3) is 3.44. The Labute approximate surface area is 157 Å². The molecule has 0 saturated carbocycles. The van der Waals surface area contributed by atoms with Crippen molar-refractivity contribution in [3.8, 4) is 11.3 Å². The summed E-state index contributed by atoms with van der Waals surface area (Å²) in [5, 5.41) is 3.09. The number of hydrogen-bond acceptors (Lipinski definition) is 5. The summed E-state index contributed by atoms with van der Waals surface area (Å²) in [7, 11) is 0. The summed E-state index contributed by atoms with van der Waals surface area (Å²) < 4.78 is 0. The van der Waals surface area contributed by atoms with Crippen molar-refractivity contribution in [1.82, 2.24) is 19.9 Å². The molecule has 0 bridgehead atoms. The van der Waals surface area contributed by atoms with Crippen LogP contribution in [0.3, 0.4) is 0 Å². The second kappa shape index (κ2) is 7.41. The van der Waals surface area contributed by atoms with E-state index in [1.165, 1.54) is 0 Å². The average Bonchev–Trinajstić information content (AvgIpc) is 2.71. The highest BCUT2D eigenvalue weighted by Gasteiger charge is 2.12. The predicted molar refractivity (Wildman–Crippen MR) is 110 cm³/mol. The quantitative estimate of drug-likeness (QED) is 0.495. The minimum atomic E-state index is 0.502. The van der Waals surface area contributed by atoms with Gasteiger partial charge in [0.1, 0.15) is 0 Å². The fourth-order valence-electron chi connectivity index (χ4n) is 3.12. The summed E-state index contributed by atoms with van der Waals surface area (Å²) in [6, 6.07) is 9.99. The van der Waals surface area contributed by atoms with Crippen LogP contribution in [0.4, 0.5) is 0 Å². The number of rotatable bonds is 4. The van der Waals surface area contributed by atoms with Crippen molar-refractivity contribution in [2.75, 3.05) is 0 Å². The third-order valence-corrected chi connectivity index (χ3v) is 4.36. The van der Waals surface area contributed by atoms with Gasteiger partial charge in [0.2, 0.25) is 0 Å². The van der Waals surface area contributed by atoms with E-state index in [1.54, 1.807) is 12.4 Å². The lowest BCUT2D eigenvalue weighted by molar-refractivity contribution is 0.998. The molecular formula is C22H19N5. The van der Waals surface area contributed by atoms with Gasteiger partial charge in [-0.15, -0.1) is 0 Å². The molecule has 0 amide bonds. The molecule has 0 N–H and O–H groups in total. The maximum Gasteiger partial charge on any atom is 0.160 e. The van der Waals surface area contributed by atoms with Gasteiger partial charge >= 0.3 is 0 Å². The molecule has 0 aliphatic rings. The van der Waals surface area contributed by atoms with E-state index < -0.39 is 0 Å². The first-order valence-electron chi connectivity index (χ1n) is 8.84. The second-order valence-corrected chi connectivity index (χ2v) is 6.25. The molecule has 4 rings (SSSR count). The van der Waals surface area contributed by atoms with Gasteiger partial charge in [0.15, 0.2) is 5.65 Å².